The monoisotopic (exact) mass is 282 g/mol. The van der Waals surface area contributed by atoms with E-state index in [2.05, 4.69) is 49.7 Å². The minimum Gasteiger partial charge on any atom is -0.297 e. The van der Waals surface area contributed by atoms with Gasteiger partial charge in [-0.25, -0.2) is 0 Å². The normalized spacial score (nSPS) is 14.4. The van der Waals surface area contributed by atoms with Crippen molar-refractivity contribution in [1.29, 1.82) is 5.26 Å². The van der Waals surface area contributed by atoms with Crippen LogP contribution in [0.3, 0.4) is 0 Å². The fraction of sp³-hybridized carbons (Fsp3) is 0.643. The molecule has 1 atom stereocenters. The molecule has 100 valence electrons. The van der Waals surface area contributed by atoms with Crippen LogP contribution >= 0.6 is 23.1 Å². The van der Waals surface area contributed by atoms with Gasteiger partial charge in [0.05, 0.1) is 10.3 Å². The highest BCUT2D eigenvalue weighted by Gasteiger charge is 2.27. The van der Waals surface area contributed by atoms with Gasteiger partial charge in [-0.15, -0.1) is 23.1 Å². The maximum Gasteiger partial charge on any atom is 0.106 e. The van der Waals surface area contributed by atoms with Crippen molar-refractivity contribution in [2.24, 2.45) is 0 Å². The van der Waals surface area contributed by atoms with E-state index in [1.165, 1.54) is 4.21 Å². The van der Waals surface area contributed by atoms with Gasteiger partial charge >= 0.3 is 0 Å². The van der Waals surface area contributed by atoms with Gasteiger partial charge in [0.2, 0.25) is 0 Å². The molecule has 1 aromatic rings. The molecule has 0 aliphatic carbocycles. The first-order chi connectivity index (χ1) is 8.62. The quantitative estimate of drug-likeness (QED) is 0.570. The molecule has 0 saturated heterocycles. The zero-order chi connectivity index (χ0) is 13.4. The fourth-order valence-electron chi connectivity index (χ4n) is 1.96. The number of nitrogens with zero attached hydrogens (tertiary/aromatic N) is 1. The summed E-state index contributed by atoms with van der Waals surface area (Å²) in [5.74, 6) is 1.09. The Hall–Kier alpha value is -0.500. The largest absolute Gasteiger partial charge is 0.297 e. The minimum absolute atomic E-state index is 0.343. The summed E-state index contributed by atoms with van der Waals surface area (Å²) in [7, 11) is 0. The Kier molecular flexibility index (Phi) is 6.77. The third-order valence-electron chi connectivity index (χ3n) is 2.87. The van der Waals surface area contributed by atoms with Crippen molar-refractivity contribution in [2.45, 2.75) is 55.8 Å². The second-order valence-electron chi connectivity index (χ2n) is 4.73. The van der Waals surface area contributed by atoms with Gasteiger partial charge in [-0.3, -0.25) is 5.32 Å². The van der Waals surface area contributed by atoms with Gasteiger partial charge in [-0.05, 0) is 50.3 Å². The molecule has 0 aliphatic heterocycles. The van der Waals surface area contributed by atoms with Gasteiger partial charge < -0.3 is 0 Å². The molecule has 2 nitrogen and oxygen atoms in total. The van der Waals surface area contributed by atoms with E-state index in [1.807, 2.05) is 11.8 Å². The topological polar surface area (TPSA) is 35.8 Å². The van der Waals surface area contributed by atoms with Crippen LogP contribution in [0.25, 0.3) is 0 Å². The molecule has 1 heterocycles. The summed E-state index contributed by atoms with van der Waals surface area (Å²) < 4.78 is 1.37. The second kappa shape index (κ2) is 7.83. The average Bonchev–Trinajstić information content (AvgIpc) is 2.85. The highest BCUT2D eigenvalue weighted by atomic mass is 32.2. The van der Waals surface area contributed by atoms with Gasteiger partial charge in [-0.1, -0.05) is 13.0 Å². The van der Waals surface area contributed by atoms with Crippen molar-refractivity contribution in [3.8, 4) is 6.07 Å². The molecule has 0 fully saturated rings. The van der Waals surface area contributed by atoms with Crippen molar-refractivity contribution in [2.75, 3.05) is 5.75 Å². The molecule has 1 N–H and O–H groups in total. The van der Waals surface area contributed by atoms with E-state index in [0.29, 0.717) is 6.04 Å². The Morgan fingerprint density at radius 3 is 2.83 bits per heavy atom. The lowest BCUT2D eigenvalue weighted by molar-refractivity contribution is 0.341. The summed E-state index contributed by atoms with van der Waals surface area (Å²) >= 11 is 3.67. The van der Waals surface area contributed by atoms with Gasteiger partial charge in [0, 0.05) is 6.04 Å². The van der Waals surface area contributed by atoms with Crippen LogP contribution in [-0.4, -0.2) is 17.3 Å². The molecule has 0 bridgehead atoms. The molecule has 0 amide bonds. The number of hydrogen-bond acceptors (Lipinski definition) is 4. The van der Waals surface area contributed by atoms with Crippen LogP contribution in [0.15, 0.2) is 21.7 Å². The van der Waals surface area contributed by atoms with E-state index in [1.54, 1.807) is 11.3 Å². The van der Waals surface area contributed by atoms with Crippen LogP contribution in [0.1, 0.15) is 40.0 Å². The maximum absolute atomic E-state index is 9.39. The molecular formula is C14H22N2S2. The van der Waals surface area contributed by atoms with E-state index < -0.39 is 0 Å². The lowest BCUT2D eigenvalue weighted by atomic mass is 9.91. The maximum atomic E-state index is 9.39. The van der Waals surface area contributed by atoms with E-state index >= 15 is 0 Å². The third kappa shape index (κ3) is 5.01. The first-order valence-corrected chi connectivity index (χ1v) is 8.33. The van der Waals surface area contributed by atoms with Crippen LogP contribution < -0.4 is 5.32 Å². The molecule has 0 aromatic carbocycles. The SMILES string of the molecule is CCC(C#N)(CCCSc1cccs1)NC(C)C. The van der Waals surface area contributed by atoms with Crippen molar-refractivity contribution >= 4 is 23.1 Å². The summed E-state index contributed by atoms with van der Waals surface area (Å²) in [5, 5.41) is 14.9. The summed E-state index contributed by atoms with van der Waals surface area (Å²) in [6.45, 7) is 6.29. The lowest BCUT2D eigenvalue weighted by Gasteiger charge is -2.29. The molecule has 0 aliphatic rings. The zero-order valence-corrected chi connectivity index (χ0v) is 13.0. The summed E-state index contributed by atoms with van der Waals surface area (Å²) in [6, 6.07) is 7.06. The molecule has 1 unspecified atom stereocenters. The van der Waals surface area contributed by atoms with E-state index in [9.17, 15) is 5.26 Å². The third-order valence-corrected chi connectivity index (χ3v) is 5.09. The number of nitriles is 1. The smallest absolute Gasteiger partial charge is 0.106 e. The van der Waals surface area contributed by atoms with E-state index in [4.69, 9.17) is 0 Å². The highest BCUT2D eigenvalue weighted by molar-refractivity contribution is 8.01. The van der Waals surface area contributed by atoms with Gasteiger partial charge in [0.1, 0.15) is 5.54 Å². The fourth-order valence-corrected chi connectivity index (χ4v) is 3.77. The Labute approximate surface area is 119 Å². The number of hydrogen-bond donors (Lipinski definition) is 1. The van der Waals surface area contributed by atoms with Crippen LogP contribution in [0.5, 0.6) is 0 Å². The lowest BCUT2D eigenvalue weighted by Crippen LogP contribution is -2.47. The molecule has 1 aromatic heterocycles. The Morgan fingerprint density at radius 1 is 1.56 bits per heavy atom. The Bertz CT molecular complexity index is 368. The van der Waals surface area contributed by atoms with Gasteiger partial charge in [-0.2, -0.15) is 5.26 Å². The highest BCUT2D eigenvalue weighted by Crippen LogP contribution is 2.26. The van der Waals surface area contributed by atoms with E-state index in [-0.39, 0.29) is 5.54 Å². The van der Waals surface area contributed by atoms with Crippen molar-refractivity contribution in [3.63, 3.8) is 0 Å². The first kappa shape index (κ1) is 15.6. The van der Waals surface area contributed by atoms with Crippen LogP contribution in [0, 0.1) is 11.3 Å². The Morgan fingerprint density at radius 2 is 2.33 bits per heavy atom. The molecule has 1 rings (SSSR count). The van der Waals surface area contributed by atoms with Crippen LogP contribution in [0.2, 0.25) is 0 Å². The predicted molar refractivity (Wildman–Crippen MR) is 81.2 cm³/mol. The number of rotatable bonds is 8. The van der Waals surface area contributed by atoms with Crippen molar-refractivity contribution in [1.82, 2.24) is 5.32 Å². The molecule has 18 heavy (non-hydrogen) atoms. The average molecular weight is 282 g/mol. The van der Waals surface area contributed by atoms with Crippen molar-refractivity contribution < 1.29 is 0 Å². The molecule has 4 heteroatoms. The zero-order valence-electron chi connectivity index (χ0n) is 11.4. The predicted octanol–water partition coefficient (Wildman–Crippen LogP) is 4.29. The van der Waals surface area contributed by atoms with Crippen molar-refractivity contribution in [3.05, 3.63) is 17.5 Å². The Balaban J connectivity index is 2.36. The summed E-state index contributed by atoms with van der Waals surface area (Å²) in [5.41, 5.74) is -0.343. The molecule has 0 spiro atoms. The molecule has 0 radical (unpaired) electrons. The summed E-state index contributed by atoms with van der Waals surface area (Å²) in [6.07, 6.45) is 2.87. The van der Waals surface area contributed by atoms with Crippen LogP contribution in [0.4, 0.5) is 0 Å². The van der Waals surface area contributed by atoms with E-state index in [0.717, 1.165) is 25.0 Å². The molecular weight excluding hydrogens is 260 g/mol. The number of thiophene rings is 1. The number of nitrogens with one attached hydrogen (secondary N) is 1. The van der Waals surface area contributed by atoms with Gasteiger partial charge in [0.25, 0.3) is 0 Å². The van der Waals surface area contributed by atoms with Gasteiger partial charge in [0.15, 0.2) is 0 Å². The standard InChI is InChI=1S/C14H22N2S2/c1-4-14(11-15,16-12(2)3)8-6-10-18-13-7-5-9-17-13/h5,7,9,12,16H,4,6,8,10H2,1-3H3. The first-order valence-electron chi connectivity index (χ1n) is 6.47. The molecule has 0 saturated carbocycles. The minimum atomic E-state index is -0.343. The second-order valence-corrected chi connectivity index (χ2v) is 7.07. The van der Waals surface area contributed by atoms with Crippen LogP contribution in [-0.2, 0) is 0 Å². The number of thioether (sulfide) groups is 1. The summed E-state index contributed by atoms with van der Waals surface area (Å²) in [4.78, 5) is 0.